The van der Waals surface area contributed by atoms with Gasteiger partial charge in [0.1, 0.15) is 5.56 Å². The van der Waals surface area contributed by atoms with Gasteiger partial charge in [-0.25, -0.2) is 23.7 Å². The van der Waals surface area contributed by atoms with Crippen molar-refractivity contribution in [2.45, 2.75) is 31.5 Å². The molecule has 148 valence electrons. The summed E-state index contributed by atoms with van der Waals surface area (Å²) in [5.74, 6) is 0.0487. The Bertz CT molecular complexity index is 774. The van der Waals surface area contributed by atoms with Gasteiger partial charge in [-0.1, -0.05) is 11.9 Å². The highest BCUT2D eigenvalue weighted by Crippen LogP contribution is 2.39. The normalized spacial score (nSPS) is 16.9. The van der Waals surface area contributed by atoms with Gasteiger partial charge in [0.2, 0.25) is 5.95 Å². The van der Waals surface area contributed by atoms with E-state index in [0.717, 1.165) is 32.1 Å². The van der Waals surface area contributed by atoms with E-state index < -0.39 is 28.9 Å². The van der Waals surface area contributed by atoms with Crippen LogP contribution >= 0.6 is 23.3 Å². The third kappa shape index (κ3) is 4.85. The number of nitrogens with one attached hydrogen (secondary N) is 1. The summed E-state index contributed by atoms with van der Waals surface area (Å²) in [6.45, 7) is 1.69. The highest BCUT2D eigenvalue weighted by Gasteiger charge is 2.36. The monoisotopic (exact) mass is 425 g/mol. The summed E-state index contributed by atoms with van der Waals surface area (Å²) in [7, 11) is 0. The van der Waals surface area contributed by atoms with E-state index in [1.807, 2.05) is 6.26 Å². The first-order chi connectivity index (χ1) is 12.8. The fourth-order valence-electron chi connectivity index (χ4n) is 2.71. The van der Waals surface area contributed by atoms with Crippen molar-refractivity contribution in [3.05, 3.63) is 23.0 Å². The lowest BCUT2D eigenvalue weighted by molar-refractivity contribution is -0.137. The number of anilines is 1. The molecule has 1 aliphatic rings. The topological polar surface area (TPSA) is 53.9 Å². The van der Waals surface area contributed by atoms with Crippen LogP contribution in [0.2, 0.25) is 0 Å². The van der Waals surface area contributed by atoms with Crippen LogP contribution < -0.4 is 5.32 Å². The molecule has 1 aliphatic heterocycles. The van der Waals surface area contributed by atoms with E-state index in [0.29, 0.717) is 17.5 Å². The number of hydrogen-bond acceptors (Lipinski definition) is 7. The molecule has 0 saturated carbocycles. The van der Waals surface area contributed by atoms with E-state index in [1.165, 1.54) is 0 Å². The Morgan fingerprint density at radius 1 is 1.22 bits per heavy atom. The van der Waals surface area contributed by atoms with Gasteiger partial charge in [-0.15, -0.1) is 11.3 Å². The largest absolute Gasteiger partial charge is 0.420 e. The quantitative estimate of drug-likeness (QED) is 0.553. The Morgan fingerprint density at radius 2 is 1.93 bits per heavy atom. The van der Waals surface area contributed by atoms with Crippen LogP contribution in [-0.4, -0.2) is 44.6 Å². The standard InChI is InChI=1S/C15H16F5N5S2/c1-26-25-4-2-8(3-5-25)23-14-22-6-9(15(18,19)20)11(24-14)10-7-21-13(27-10)12(16)17/h6-8,12H,2-5H2,1H3,(H,22,23,24). The minimum Gasteiger partial charge on any atom is -0.351 e. The molecular weight excluding hydrogens is 409 g/mol. The molecule has 0 bridgehead atoms. The summed E-state index contributed by atoms with van der Waals surface area (Å²) >= 11 is 2.14. The molecule has 0 spiro atoms. The van der Waals surface area contributed by atoms with Crippen LogP contribution in [0.15, 0.2) is 12.4 Å². The lowest BCUT2D eigenvalue weighted by Gasteiger charge is -2.30. The first-order valence-corrected chi connectivity index (χ1v) is 10.0. The van der Waals surface area contributed by atoms with Gasteiger partial charge in [-0.05, 0) is 19.1 Å². The molecule has 1 N–H and O–H groups in total. The van der Waals surface area contributed by atoms with E-state index >= 15 is 0 Å². The van der Waals surface area contributed by atoms with Crippen molar-refractivity contribution in [2.75, 3.05) is 24.7 Å². The molecule has 12 heteroatoms. The number of hydrogen-bond donors (Lipinski definition) is 1. The van der Waals surface area contributed by atoms with Gasteiger partial charge in [-0.3, -0.25) is 4.31 Å². The predicted molar refractivity (Wildman–Crippen MR) is 94.8 cm³/mol. The SMILES string of the molecule is CSN1CCC(Nc2ncc(C(F)(F)F)c(-c3cnc(C(F)F)s3)n2)CC1. The zero-order valence-corrected chi connectivity index (χ0v) is 15.8. The summed E-state index contributed by atoms with van der Waals surface area (Å²) < 4.78 is 67.6. The second kappa shape index (κ2) is 8.23. The summed E-state index contributed by atoms with van der Waals surface area (Å²) in [5.41, 5.74) is -1.51. The van der Waals surface area contributed by atoms with Crippen LogP contribution in [0.4, 0.5) is 27.9 Å². The third-order valence-electron chi connectivity index (χ3n) is 4.08. The molecule has 2 aromatic rings. The zero-order chi connectivity index (χ0) is 19.6. The summed E-state index contributed by atoms with van der Waals surface area (Å²) in [6, 6.07) is 0.0380. The number of aromatic nitrogens is 3. The van der Waals surface area contributed by atoms with Crippen LogP contribution in [0.25, 0.3) is 10.6 Å². The second-order valence-corrected chi connectivity index (χ2v) is 7.79. The Balaban J connectivity index is 1.87. The van der Waals surface area contributed by atoms with E-state index in [2.05, 4.69) is 24.6 Å². The van der Waals surface area contributed by atoms with Crippen LogP contribution in [0, 0.1) is 0 Å². The van der Waals surface area contributed by atoms with Gasteiger partial charge in [0.25, 0.3) is 6.43 Å². The van der Waals surface area contributed by atoms with Gasteiger partial charge in [0.15, 0.2) is 5.01 Å². The molecule has 0 aromatic carbocycles. The number of alkyl halides is 5. The highest BCUT2D eigenvalue weighted by atomic mass is 32.2. The Hall–Kier alpha value is -1.53. The lowest BCUT2D eigenvalue weighted by atomic mass is 10.1. The third-order valence-corrected chi connectivity index (χ3v) is 5.98. The number of piperidine rings is 1. The van der Waals surface area contributed by atoms with Crippen molar-refractivity contribution >= 4 is 29.2 Å². The number of halogens is 5. The fourth-order valence-corrected chi connectivity index (χ4v) is 4.06. The Kier molecular flexibility index (Phi) is 6.16. The van der Waals surface area contributed by atoms with E-state index in [1.54, 1.807) is 11.9 Å². The van der Waals surface area contributed by atoms with Crippen molar-refractivity contribution in [3.63, 3.8) is 0 Å². The number of thiazole rings is 1. The van der Waals surface area contributed by atoms with Crippen molar-refractivity contribution < 1.29 is 22.0 Å². The van der Waals surface area contributed by atoms with Crippen molar-refractivity contribution in [2.24, 2.45) is 0 Å². The molecule has 1 fully saturated rings. The van der Waals surface area contributed by atoms with Crippen LogP contribution in [-0.2, 0) is 6.18 Å². The maximum absolute atomic E-state index is 13.3. The van der Waals surface area contributed by atoms with Gasteiger partial charge < -0.3 is 5.32 Å². The Morgan fingerprint density at radius 3 is 2.48 bits per heavy atom. The molecule has 0 amide bonds. The number of rotatable bonds is 5. The van der Waals surface area contributed by atoms with Gasteiger partial charge >= 0.3 is 6.18 Å². The van der Waals surface area contributed by atoms with E-state index in [9.17, 15) is 22.0 Å². The molecule has 1 saturated heterocycles. The number of nitrogens with zero attached hydrogens (tertiary/aromatic N) is 4. The van der Waals surface area contributed by atoms with Crippen molar-refractivity contribution in [1.82, 2.24) is 19.3 Å². The predicted octanol–water partition coefficient (Wildman–Crippen LogP) is 4.71. The average Bonchev–Trinajstić information content (AvgIpc) is 3.12. The summed E-state index contributed by atoms with van der Waals surface area (Å²) in [5, 5.41) is 2.51. The van der Waals surface area contributed by atoms with Gasteiger partial charge in [0.05, 0.1) is 10.6 Å². The first-order valence-electron chi connectivity index (χ1n) is 8.02. The molecule has 2 aromatic heterocycles. The van der Waals surface area contributed by atoms with Gasteiger partial charge in [0, 0.05) is 31.5 Å². The molecule has 3 heterocycles. The molecule has 0 aliphatic carbocycles. The summed E-state index contributed by atoms with van der Waals surface area (Å²) in [4.78, 5) is 11.2. The van der Waals surface area contributed by atoms with Crippen LogP contribution in [0.1, 0.15) is 29.8 Å². The molecule has 5 nitrogen and oxygen atoms in total. The molecule has 0 unspecified atom stereocenters. The smallest absolute Gasteiger partial charge is 0.351 e. The lowest BCUT2D eigenvalue weighted by Crippen LogP contribution is -2.35. The van der Waals surface area contributed by atoms with Crippen LogP contribution in [0.5, 0.6) is 0 Å². The maximum atomic E-state index is 13.3. The summed E-state index contributed by atoms with van der Waals surface area (Å²) in [6.07, 6.45) is -2.28. The van der Waals surface area contributed by atoms with Crippen molar-refractivity contribution in [3.8, 4) is 10.6 Å². The first kappa shape index (κ1) is 20.2. The second-order valence-electron chi connectivity index (χ2n) is 5.85. The van der Waals surface area contributed by atoms with E-state index in [4.69, 9.17) is 0 Å². The minimum atomic E-state index is -4.70. The minimum absolute atomic E-state index is 0.0380. The molecular formula is C15H16F5N5S2. The van der Waals surface area contributed by atoms with E-state index in [-0.39, 0.29) is 16.9 Å². The Labute approximate surface area is 160 Å². The average molecular weight is 425 g/mol. The fraction of sp³-hybridized carbons (Fsp3) is 0.533. The molecule has 0 radical (unpaired) electrons. The van der Waals surface area contributed by atoms with Gasteiger partial charge in [-0.2, -0.15) is 13.2 Å². The van der Waals surface area contributed by atoms with Crippen LogP contribution in [0.3, 0.4) is 0 Å². The molecule has 27 heavy (non-hydrogen) atoms. The molecule has 0 atom stereocenters. The molecule has 3 rings (SSSR count). The zero-order valence-electron chi connectivity index (χ0n) is 14.1. The maximum Gasteiger partial charge on any atom is 0.420 e. The highest BCUT2D eigenvalue weighted by molar-refractivity contribution is 7.96. The van der Waals surface area contributed by atoms with Crippen molar-refractivity contribution in [1.29, 1.82) is 0 Å².